The van der Waals surface area contributed by atoms with E-state index in [0.29, 0.717) is 5.82 Å². The van der Waals surface area contributed by atoms with Gasteiger partial charge in [-0.25, -0.2) is 14.2 Å². The Morgan fingerprint density at radius 1 is 1.39 bits per heavy atom. The zero-order valence-corrected chi connectivity index (χ0v) is 23.2. The fourth-order valence-corrected chi connectivity index (χ4v) is 6.55. The van der Waals surface area contributed by atoms with E-state index in [1.54, 1.807) is 33.0 Å². The molecule has 0 radical (unpaired) electrons. The number of hydrogen-bond donors (Lipinski definition) is 4. The number of halogens is 1. The van der Waals surface area contributed by atoms with Crippen molar-refractivity contribution in [2.24, 2.45) is 5.73 Å². The maximum Gasteiger partial charge on any atom is 0.338 e. The predicted octanol–water partition coefficient (Wildman–Crippen LogP) is 1.41. The summed E-state index contributed by atoms with van der Waals surface area (Å²) in [5.74, 6) is 1.49. The molecule has 3 aromatic rings. The number of aliphatic hydroxyl groups excluding tert-OH is 1. The van der Waals surface area contributed by atoms with Crippen LogP contribution in [-0.4, -0.2) is 79.7 Å². The summed E-state index contributed by atoms with van der Waals surface area (Å²) in [5.41, 5.74) is 9.55. The number of anilines is 2. The molecule has 6 atom stereocenters. The van der Waals surface area contributed by atoms with Crippen molar-refractivity contribution in [3.63, 3.8) is 0 Å². The van der Waals surface area contributed by atoms with Gasteiger partial charge in [-0.3, -0.25) is 9.13 Å². The van der Waals surface area contributed by atoms with E-state index in [0.717, 1.165) is 0 Å². The second-order valence-corrected chi connectivity index (χ2v) is 12.6. The summed E-state index contributed by atoms with van der Waals surface area (Å²) in [5, 5.41) is 11.9. The van der Waals surface area contributed by atoms with Gasteiger partial charge in [0.1, 0.15) is 18.8 Å². The number of benzene rings is 1. The van der Waals surface area contributed by atoms with E-state index in [2.05, 4.69) is 20.3 Å². The quantitative estimate of drug-likeness (QED) is 0.159. The fraction of sp³-hybridized carbons (Fsp3) is 0.440. The molecular formula is C25H29FN7O7P. The van der Waals surface area contributed by atoms with E-state index in [9.17, 15) is 14.5 Å². The van der Waals surface area contributed by atoms with Gasteiger partial charge in [0.25, 0.3) is 7.37 Å². The molecule has 41 heavy (non-hydrogen) atoms. The number of para-hydroxylation sites is 2. The lowest BCUT2D eigenvalue weighted by atomic mass is 9.97. The highest BCUT2D eigenvalue weighted by molar-refractivity contribution is 7.70. The van der Waals surface area contributed by atoms with Crippen LogP contribution in [0.1, 0.15) is 20.1 Å². The van der Waals surface area contributed by atoms with Crippen molar-refractivity contribution in [1.82, 2.24) is 19.5 Å². The molecule has 0 aliphatic carbocycles. The van der Waals surface area contributed by atoms with Crippen molar-refractivity contribution >= 4 is 36.3 Å². The summed E-state index contributed by atoms with van der Waals surface area (Å²) in [6.07, 6.45) is 1.49. The Morgan fingerprint density at radius 3 is 2.76 bits per heavy atom. The molecule has 16 heteroatoms. The van der Waals surface area contributed by atoms with E-state index >= 15 is 4.39 Å². The maximum atomic E-state index is 16.1. The summed E-state index contributed by atoms with van der Waals surface area (Å²) >= 11 is 0. The zero-order chi connectivity index (χ0) is 29.7. The number of ether oxygens (including phenoxy) is 3. The summed E-state index contributed by atoms with van der Waals surface area (Å²) in [6.45, 7) is 2.91. The van der Waals surface area contributed by atoms with Gasteiger partial charge < -0.3 is 40.6 Å². The Balaban J connectivity index is 1.35. The SMILES string of the molecule is C#CC1(F)C(O)C(COc2ccccc2OP2(=O)C[C@]2(N)C(=O)OC(C)C)OC1n1cnc2c(NC)nc(N)nc21. The number of imidazole rings is 1. The van der Waals surface area contributed by atoms with Crippen LogP contribution in [0.5, 0.6) is 11.5 Å². The molecule has 4 heterocycles. The number of aromatic nitrogens is 4. The summed E-state index contributed by atoms with van der Waals surface area (Å²) in [4.78, 5) is 24.8. The second kappa shape index (κ2) is 10.1. The first-order chi connectivity index (χ1) is 19.4. The molecule has 0 amide bonds. The number of hydrogen-bond acceptors (Lipinski definition) is 13. The highest BCUT2D eigenvalue weighted by Crippen LogP contribution is 2.73. The molecule has 14 nitrogen and oxygen atoms in total. The van der Waals surface area contributed by atoms with Gasteiger partial charge >= 0.3 is 5.97 Å². The summed E-state index contributed by atoms with van der Waals surface area (Å²) in [6, 6.07) is 6.19. The first-order valence-electron chi connectivity index (χ1n) is 12.6. The first kappa shape index (κ1) is 28.6. The fourth-order valence-electron chi connectivity index (χ4n) is 4.48. The Hall–Kier alpha value is -3.96. The van der Waals surface area contributed by atoms with Crippen LogP contribution in [0.4, 0.5) is 16.2 Å². The predicted molar refractivity (Wildman–Crippen MR) is 145 cm³/mol. The third-order valence-corrected chi connectivity index (χ3v) is 9.32. The lowest BCUT2D eigenvalue weighted by molar-refractivity contribution is -0.148. The number of terminal acetylenes is 1. The molecule has 5 unspecified atom stereocenters. The lowest BCUT2D eigenvalue weighted by Gasteiger charge is -2.23. The number of carbonyl (C=O) groups excluding carboxylic acids is 1. The number of alkyl halides is 1. The second-order valence-electron chi connectivity index (χ2n) is 9.95. The monoisotopic (exact) mass is 589 g/mol. The Morgan fingerprint density at radius 2 is 2.10 bits per heavy atom. The number of fused-ring (bicyclic) bond motifs is 1. The van der Waals surface area contributed by atoms with Gasteiger partial charge in [-0.05, 0) is 26.0 Å². The number of esters is 1. The minimum atomic E-state index is -3.64. The van der Waals surface area contributed by atoms with Gasteiger partial charge in [0.05, 0.1) is 18.6 Å². The minimum Gasteiger partial charge on any atom is -0.487 e. The molecule has 0 spiro atoms. The van der Waals surface area contributed by atoms with Crippen molar-refractivity contribution in [1.29, 1.82) is 0 Å². The Bertz CT molecular complexity index is 1600. The number of nitrogens with two attached hydrogens (primary N) is 2. The molecule has 5 rings (SSSR count). The number of aliphatic hydroxyl groups is 1. The van der Waals surface area contributed by atoms with Crippen LogP contribution >= 0.6 is 7.37 Å². The number of nitrogens with one attached hydrogen (secondary N) is 1. The molecule has 1 aromatic carbocycles. The van der Waals surface area contributed by atoms with Crippen LogP contribution in [0.3, 0.4) is 0 Å². The van der Waals surface area contributed by atoms with Gasteiger partial charge in [0.2, 0.25) is 16.9 Å². The van der Waals surface area contributed by atoms with Crippen molar-refractivity contribution in [2.45, 2.75) is 49.3 Å². The lowest BCUT2D eigenvalue weighted by Crippen LogP contribution is -2.42. The molecule has 6 N–H and O–H groups in total. The minimum absolute atomic E-state index is 0.0281. The van der Waals surface area contributed by atoms with Crippen molar-refractivity contribution < 1.29 is 37.6 Å². The van der Waals surface area contributed by atoms with E-state index in [1.807, 2.05) is 5.92 Å². The molecule has 2 aromatic heterocycles. The molecule has 2 saturated heterocycles. The Kier molecular flexibility index (Phi) is 7.07. The van der Waals surface area contributed by atoms with Gasteiger partial charge in [-0.15, -0.1) is 6.42 Å². The standard InChI is InChI=1S/C25H29FN7O7P/c1-5-24(26)18(34)16(39-21(24)33-12-30-17-19(29-4)31-23(27)32-20(17)33)10-37-14-8-6-7-9-15(14)40-41(36)11-25(41,28)22(35)38-13(2)3/h1,6-9,12-13,16,18,21,34H,10-11,28H2,2-4H3,(H3,27,29,31,32)/t16?,18?,21?,24?,25-,41?/m1/s1. The summed E-state index contributed by atoms with van der Waals surface area (Å²) in [7, 11) is -2.04. The van der Waals surface area contributed by atoms with E-state index in [4.69, 9.17) is 36.6 Å². The molecular weight excluding hydrogens is 560 g/mol. The van der Waals surface area contributed by atoms with Crippen molar-refractivity contribution in [3.05, 3.63) is 30.6 Å². The topological polar surface area (TPSA) is 199 Å². The van der Waals surface area contributed by atoms with Crippen LogP contribution in [0, 0.1) is 12.3 Å². The molecule has 0 bridgehead atoms. The third kappa shape index (κ3) is 4.72. The van der Waals surface area contributed by atoms with Crippen LogP contribution < -0.4 is 26.0 Å². The van der Waals surface area contributed by atoms with E-state index < -0.39 is 48.8 Å². The van der Waals surface area contributed by atoms with E-state index in [-0.39, 0.29) is 41.4 Å². The molecule has 0 saturated carbocycles. The largest absolute Gasteiger partial charge is 0.487 e. The van der Waals surface area contributed by atoms with Gasteiger partial charge in [0, 0.05) is 7.05 Å². The number of carbonyl (C=O) groups is 1. The Labute approximate surface area is 234 Å². The molecule has 218 valence electrons. The molecule has 2 aliphatic rings. The van der Waals surface area contributed by atoms with Crippen LogP contribution in [-0.2, 0) is 18.8 Å². The molecule has 2 fully saturated rings. The van der Waals surface area contributed by atoms with Crippen LogP contribution in [0.15, 0.2) is 30.6 Å². The third-order valence-electron chi connectivity index (χ3n) is 6.74. The maximum absolute atomic E-state index is 16.1. The van der Waals surface area contributed by atoms with Crippen molar-refractivity contribution in [3.8, 4) is 23.8 Å². The van der Waals surface area contributed by atoms with Crippen LogP contribution in [0.2, 0.25) is 0 Å². The average Bonchev–Trinajstić information content (AvgIpc) is 3.17. The number of nitrogen functional groups attached to an aromatic ring is 1. The van der Waals surface area contributed by atoms with Gasteiger partial charge in [0.15, 0.2) is 34.7 Å². The van der Waals surface area contributed by atoms with Gasteiger partial charge in [-0.2, -0.15) is 9.97 Å². The van der Waals surface area contributed by atoms with Crippen molar-refractivity contribution in [2.75, 3.05) is 30.9 Å². The number of nitrogens with zero attached hydrogens (tertiary/aromatic N) is 4. The van der Waals surface area contributed by atoms with E-state index in [1.165, 1.54) is 23.0 Å². The average molecular weight is 590 g/mol. The highest BCUT2D eigenvalue weighted by Gasteiger charge is 2.73. The first-order valence-corrected chi connectivity index (χ1v) is 14.4. The normalized spacial score (nSPS) is 30.6. The number of rotatable bonds is 9. The van der Waals surface area contributed by atoms with Crippen LogP contribution in [0.25, 0.3) is 11.2 Å². The molecule has 2 aliphatic heterocycles. The zero-order valence-electron chi connectivity index (χ0n) is 22.4. The van der Waals surface area contributed by atoms with Gasteiger partial charge in [-0.1, -0.05) is 18.1 Å². The smallest absolute Gasteiger partial charge is 0.338 e. The highest BCUT2D eigenvalue weighted by atomic mass is 31.2. The summed E-state index contributed by atoms with van der Waals surface area (Å²) < 4.78 is 53.0.